The van der Waals surface area contributed by atoms with Gasteiger partial charge in [-0.25, -0.2) is 18.1 Å². The summed E-state index contributed by atoms with van der Waals surface area (Å²) in [6.45, 7) is 5.08. The van der Waals surface area contributed by atoms with Crippen molar-refractivity contribution < 1.29 is 17.7 Å². The van der Waals surface area contributed by atoms with Gasteiger partial charge in [0, 0.05) is 24.8 Å². The number of ether oxygens (including phenoxy) is 1. The molecule has 32 heavy (non-hydrogen) atoms. The number of benzene rings is 1. The summed E-state index contributed by atoms with van der Waals surface area (Å²) in [4.78, 5) is 8.01. The zero-order valence-corrected chi connectivity index (χ0v) is 19.2. The smallest absolute Gasteiger partial charge is 0.243 e. The van der Waals surface area contributed by atoms with Crippen LogP contribution >= 0.6 is 0 Å². The summed E-state index contributed by atoms with van der Waals surface area (Å²) < 4.78 is 40.7. The average molecular weight is 460 g/mol. The van der Waals surface area contributed by atoms with E-state index < -0.39 is 10.0 Å². The third-order valence-electron chi connectivity index (χ3n) is 6.36. The van der Waals surface area contributed by atoms with Crippen molar-refractivity contribution in [3.8, 4) is 11.1 Å². The van der Waals surface area contributed by atoms with Crippen LogP contribution < -0.4 is 10.0 Å². The number of hydrogen-bond acceptors (Lipinski definition) is 7. The van der Waals surface area contributed by atoms with E-state index in [9.17, 15) is 8.42 Å². The maximum atomic E-state index is 13.4. The van der Waals surface area contributed by atoms with Crippen LogP contribution in [0.4, 0.5) is 5.95 Å². The lowest BCUT2D eigenvalue weighted by Crippen LogP contribution is -2.32. The van der Waals surface area contributed by atoms with Gasteiger partial charge in [0.1, 0.15) is 16.2 Å². The number of fused-ring (bicyclic) bond motifs is 1. The van der Waals surface area contributed by atoms with Gasteiger partial charge in [-0.1, -0.05) is 18.0 Å². The van der Waals surface area contributed by atoms with Crippen molar-refractivity contribution in [2.45, 2.75) is 69.4 Å². The third kappa shape index (κ3) is 4.14. The molecule has 1 unspecified atom stereocenters. The average Bonchev–Trinajstić information content (AvgIpc) is 3.54. The molecule has 2 aliphatic rings. The highest BCUT2D eigenvalue weighted by molar-refractivity contribution is 7.89. The second-order valence-electron chi connectivity index (χ2n) is 8.77. The Balaban J connectivity index is 1.56. The molecule has 1 saturated carbocycles. The van der Waals surface area contributed by atoms with Crippen molar-refractivity contribution in [1.29, 1.82) is 0 Å². The van der Waals surface area contributed by atoms with Gasteiger partial charge in [0.2, 0.25) is 16.0 Å². The molecule has 9 nitrogen and oxygen atoms in total. The second-order valence-corrected chi connectivity index (χ2v) is 10.5. The topological polar surface area (TPSA) is 122 Å². The predicted molar refractivity (Wildman–Crippen MR) is 121 cm³/mol. The number of nitrogens with zero attached hydrogens (tertiary/aromatic N) is 2. The van der Waals surface area contributed by atoms with Gasteiger partial charge in [-0.2, -0.15) is 0 Å². The molecule has 1 saturated heterocycles. The largest absolute Gasteiger partial charge is 0.376 e. The Morgan fingerprint density at radius 2 is 1.97 bits per heavy atom. The molecule has 10 heteroatoms. The van der Waals surface area contributed by atoms with Gasteiger partial charge in [0.05, 0.1) is 17.3 Å². The first-order valence-corrected chi connectivity index (χ1v) is 12.7. The number of aromatic nitrogens is 3. The fraction of sp³-hybridized carbons (Fsp3) is 0.545. The summed E-state index contributed by atoms with van der Waals surface area (Å²) in [5.41, 5.74) is 3.30. The lowest BCUT2D eigenvalue weighted by atomic mass is 10.0. The zero-order valence-electron chi connectivity index (χ0n) is 18.4. The highest BCUT2D eigenvalue weighted by Gasteiger charge is 2.27. The number of sulfonamides is 1. The van der Waals surface area contributed by atoms with Gasteiger partial charge in [-0.15, -0.1) is 0 Å². The van der Waals surface area contributed by atoms with Crippen LogP contribution in [-0.4, -0.2) is 48.8 Å². The number of nitrogens with one attached hydrogen (secondary N) is 3. The highest BCUT2D eigenvalue weighted by Crippen LogP contribution is 2.34. The van der Waals surface area contributed by atoms with Crippen LogP contribution in [0.25, 0.3) is 22.2 Å². The molecular formula is C22H29N5O4S. The van der Waals surface area contributed by atoms with E-state index in [-0.39, 0.29) is 17.0 Å². The number of anilines is 1. The van der Waals surface area contributed by atoms with Crippen molar-refractivity contribution in [2.24, 2.45) is 0 Å². The minimum Gasteiger partial charge on any atom is -0.376 e. The lowest BCUT2D eigenvalue weighted by Gasteiger charge is -2.14. The first kappa shape index (κ1) is 21.4. The maximum Gasteiger partial charge on any atom is 0.243 e. The fourth-order valence-electron chi connectivity index (χ4n) is 4.76. The Morgan fingerprint density at radius 1 is 1.16 bits per heavy atom. The molecule has 0 bridgehead atoms. The second kappa shape index (κ2) is 8.49. The number of H-pyrrole nitrogens is 1. The number of hydrogen-bond donors (Lipinski definition) is 3. The Morgan fingerprint density at radius 3 is 2.66 bits per heavy atom. The van der Waals surface area contributed by atoms with Crippen molar-refractivity contribution in [3.63, 3.8) is 0 Å². The monoisotopic (exact) mass is 459 g/mol. The molecule has 1 aliphatic carbocycles. The van der Waals surface area contributed by atoms with Gasteiger partial charge >= 0.3 is 0 Å². The Bertz CT molecular complexity index is 1200. The summed E-state index contributed by atoms with van der Waals surface area (Å²) in [5, 5.41) is 7.30. The van der Waals surface area contributed by atoms with E-state index in [0.29, 0.717) is 35.0 Å². The molecule has 2 aromatic heterocycles. The molecule has 0 radical (unpaired) electrons. The minimum atomic E-state index is -3.76. The molecular weight excluding hydrogens is 430 g/mol. The summed E-state index contributed by atoms with van der Waals surface area (Å²) in [7, 11) is -3.76. The molecule has 3 heterocycles. The Hall–Kier alpha value is -2.43. The third-order valence-corrected chi connectivity index (χ3v) is 7.90. The molecule has 5 rings (SSSR count). The van der Waals surface area contributed by atoms with Crippen LogP contribution in [0, 0.1) is 13.8 Å². The summed E-state index contributed by atoms with van der Waals surface area (Å²) in [6, 6.07) is 3.55. The van der Waals surface area contributed by atoms with Gasteiger partial charge in [-0.05, 0) is 57.2 Å². The summed E-state index contributed by atoms with van der Waals surface area (Å²) in [5.74, 6) is 1.17. The molecule has 1 aromatic carbocycles. The van der Waals surface area contributed by atoms with Crippen molar-refractivity contribution >= 4 is 27.0 Å². The molecule has 1 aliphatic heterocycles. The van der Waals surface area contributed by atoms with Crippen LogP contribution in [0.5, 0.6) is 0 Å². The molecule has 0 amide bonds. The standard InChI is InChI=1S/C22H29N5O4S/c1-13-20(14(2)31-26-13)15-10-18-21(25-22(24-18)23-12-17-8-5-9-30-17)19(11-15)32(28,29)27-16-6-3-4-7-16/h10-11,16-17,27H,3-9,12H2,1-2H3,(H2,23,24,25). The number of aromatic amines is 1. The van der Waals surface area contributed by atoms with E-state index in [1.165, 1.54) is 0 Å². The van der Waals surface area contributed by atoms with Crippen LogP contribution in [0.1, 0.15) is 50.0 Å². The first-order chi connectivity index (χ1) is 15.4. The minimum absolute atomic E-state index is 0.0335. The van der Waals surface area contributed by atoms with E-state index in [2.05, 4.69) is 25.2 Å². The van der Waals surface area contributed by atoms with E-state index in [4.69, 9.17) is 9.26 Å². The molecule has 0 spiro atoms. The number of imidazole rings is 1. The Labute approximate surface area is 187 Å². The van der Waals surface area contributed by atoms with Gasteiger partial charge in [-0.3, -0.25) is 0 Å². The molecule has 3 aromatic rings. The fourth-order valence-corrected chi connectivity index (χ4v) is 6.25. The van der Waals surface area contributed by atoms with Gasteiger partial charge < -0.3 is 19.6 Å². The predicted octanol–water partition coefficient (Wildman–Crippen LogP) is 3.65. The zero-order chi connectivity index (χ0) is 22.3. The molecule has 2 fully saturated rings. The van der Waals surface area contributed by atoms with Crippen LogP contribution in [-0.2, 0) is 14.8 Å². The van der Waals surface area contributed by atoms with Crippen molar-refractivity contribution in [3.05, 3.63) is 23.6 Å². The quantitative estimate of drug-likeness (QED) is 0.493. The molecule has 1 atom stereocenters. The van der Waals surface area contributed by atoms with E-state index in [1.807, 2.05) is 19.9 Å². The number of aryl methyl sites for hydroxylation is 2. The van der Waals surface area contributed by atoms with Crippen molar-refractivity contribution in [2.75, 3.05) is 18.5 Å². The summed E-state index contributed by atoms with van der Waals surface area (Å²) >= 11 is 0. The van der Waals surface area contributed by atoms with E-state index in [1.54, 1.807) is 6.07 Å². The lowest BCUT2D eigenvalue weighted by molar-refractivity contribution is 0.120. The van der Waals surface area contributed by atoms with E-state index >= 15 is 0 Å². The van der Waals surface area contributed by atoms with Crippen LogP contribution in [0.15, 0.2) is 21.6 Å². The molecule has 172 valence electrons. The first-order valence-electron chi connectivity index (χ1n) is 11.3. The summed E-state index contributed by atoms with van der Waals surface area (Å²) in [6.07, 6.45) is 6.02. The molecule has 3 N–H and O–H groups in total. The highest BCUT2D eigenvalue weighted by atomic mass is 32.2. The van der Waals surface area contributed by atoms with Crippen LogP contribution in [0.3, 0.4) is 0 Å². The van der Waals surface area contributed by atoms with Crippen molar-refractivity contribution in [1.82, 2.24) is 19.8 Å². The normalized spacial score (nSPS) is 19.9. The van der Waals surface area contributed by atoms with E-state index in [0.717, 1.165) is 56.3 Å². The maximum absolute atomic E-state index is 13.4. The van der Waals surface area contributed by atoms with Gasteiger partial charge in [0.15, 0.2) is 0 Å². The Kier molecular flexibility index (Phi) is 5.68. The number of rotatable bonds is 7. The van der Waals surface area contributed by atoms with Crippen LogP contribution in [0.2, 0.25) is 0 Å². The SMILES string of the molecule is Cc1noc(C)c1-c1cc(S(=O)(=O)NC2CCCC2)c2nc(NCC3CCCO3)[nH]c2c1. The van der Waals surface area contributed by atoms with Gasteiger partial charge in [0.25, 0.3) is 0 Å².